The summed E-state index contributed by atoms with van der Waals surface area (Å²) in [5, 5.41) is 4.61. The van der Waals surface area contributed by atoms with E-state index >= 15 is 0 Å². The van der Waals surface area contributed by atoms with Gasteiger partial charge in [-0.1, -0.05) is 16.8 Å². The number of rotatable bonds is 5. The number of hydrogen-bond acceptors (Lipinski definition) is 6. The van der Waals surface area contributed by atoms with Gasteiger partial charge in [-0.3, -0.25) is 9.59 Å². The second kappa shape index (κ2) is 8.97. The van der Waals surface area contributed by atoms with E-state index in [0.717, 1.165) is 15.3 Å². The number of piperazine rings is 1. The van der Waals surface area contributed by atoms with Crippen molar-refractivity contribution in [2.24, 2.45) is 0 Å². The summed E-state index contributed by atoms with van der Waals surface area (Å²) < 4.78 is 5.27. The van der Waals surface area contributed by atoms with Gasteiger partial charge in [0.15, 0.2) is 0 Å². The van der Waals surface area contributed by atoms with Crippen LogP contribution in [0, 0.1) is 6.92 Å². The van der Waals surface area contributed by atoms with Crippen molar-refractivity contribution >= 4 is 34.8 Å². The maximum Gasteiger partial charge on any atom is 0.264 e. The Balaban J connectivity index is 1.26. The van der Waals surface area contributed by atoms with Crippen LogP contribution in [0.2, 0.25) is 5.02 Å². The van der Waals surface area contributed by atoms with Gasteiger partial charge in [-0.2, -0.15) is 4.98 Å². The molecule has 1 aliphatic heterocycles. The molecule has 7 nitrogen and oxygen atoms in total. The standard InChI is InChI=1S/C21H21ClN4O3S/c1-14-2-7-17(30-14)21(28)26-12-10-25(11-13-26)19(27)9-8-18-23-20(24-29-18)15-3-5-16(22)6-4-15/h2-7H,8-13H2,1H3. The Morgan fingerprint density at radius 3 is 2.43 bits per heavy atom. The Morgan fingerprint density at radius 2 is 1.77 bits per heavy atom. The summed E-state index contributed by atoms with van der Waals surface area (Å²) in [5.74, 6) is 0.973. The zero-order valence-corrected chi connectivity index (χ0v) is 18.1. The number of halogens is 1. The molecule has 3 aromatic rings. The van der Waals surface area contributed by atoms with Gasteiger partial charge in [0.05, 0.1) is 4.88 Å². The zero-order valence-electron chi connectivity index (χ0n) is 16.5. The summed E-state index contributed by atoms with van der Waals surface area (Å²) in [6.45, 7) is 4.15. The highest BCUT2D eigenvalue weighted by Gasteiger charge is 2.25. The highest BCUT2D eigenvalue weighted by Crippen LogP contribution is 2.20. The average molecular weight is 445 g/mol. The highest BCUT2D eigenvalue weighted by molar-refractivity contribution is 7.13. The number of aromatic nitrogens is 2. The van der Waals surface area contributed by atoms with Crippen molar-refractivity contribution in [3.05, 3.63) is 57.1 Å². The molecule has 1 fully saturated rings. The molecule has 1 aliphatic rings. The minimum Gasteiger partial charge on any atom is -0.339 e. The van der Waals surface area contributed by atoms with Crippen molar-refractivity contribution in [2.75, 3.05) is 26.2 Å². The molecule has 4 rings (SSSR count). The molecule has 156 valence electrons. The fourth-order valence-electron chi connectivity index (χ4n) is 3.31. The molecule has 0 radical (unpaired) electrons. The van der Waals surface area contributed by atoms with Crippen LogP contribution < -0.4 is 0 Å². The first-order chi connectivity index (χ1) is 14.5. The molecule has 0 N–H and O–H groups in total. The van der Waals surface area contributed by atoms with E-state index in [2.05, 4.69) is 10.1 Å². The van der Waals surface area contributed by atoms with Crippen molar-refractivity contribution in [1.82, 2.24) is 19.9 Å². The second-order valence-electron chi connectivity index (χ2n) is 7.10. The van der Waals surface area contributed by atoms with E-state index in [0.29, 0.717) is 55.8 Å². The van der Waals surface area contributed by atoms with Gasteiger partial charge < -0.3 is 14.3 Å². The average Bonchev–Trinajstić information content (AvgIpc) is 3.41. The van der Waals surface area contributed by atoms with Crippen LogP contribution in [0.25, 0.3) is 11.4 Å². The largest absolute Gasteiger partial charge is 0.339 e. The zero-order chi connectivity index (χ0) is 21.1. The van der Waals surface area contributed by atoms with Gasteiger partial charge in [-0.25, -0.2) is 0 Å². The van der Waals surface area contributed by atoms with E-state index in [1.54, 1.807) is 17.0 Å². The second-order valence-corrected chi connectivity index (χ2v) is 8.83. The molecule has 0 spiro atoms. The van der Waals surface area contributed by atoms with Crippen molar-refractivity contribution in [3.8, 4) is 11.4 Å². The number of thiophene rings is 1. The highest BCUT2D eigenvalue weighted by atomic mass is 35.5. The van der Waals surface area contributed by atoms with Gasteiger partial charge in [-0.05, 0) is 43.3 Å². The van der Waals surface area contributed by atoms with Crippen LogP contribution in [0.3, 0.4) is 0 Å². The number of amides is 2. The molecule has 3 heterocycles. The Morgan fingerprint density at radius 1 is 1.07 bits per heavy atom. The maximum atomic E-state index is 12.6. The first-order valence-electron chi connectivity index (χ1n) is 9.71. The molecule has 0 atom stereocenters. The summed E-state index contributed by atoms with van der Waals surface area (Å²) >= 11 is 7.40. The molecule has 9 heteroatoms. The lowest BCUT2D eigenvalue weighted by molar-refractivity contribution is -0.132. The maximum absolute atomic E-state index is 12.6. The Labute approximate surface area is 183 Å². The van der Waals surface area contributed by atoms with E-state index in [1.165, 1.54) is 11.3 Å². The van der Waals surface area contributed by atoms with Crippen molar-refractivity contribution in [1.29, 1.82) is 0 Å². The van der Waals surface area contributed by atoms with E-state index in [-0.39, 0.29) is 11.8 Å². The summed E-state index contributed by atoms with van der Waals surface area (Å²) in [6.07, 6.45) is 0.674. The molecule has 2 amide bonds. The first kappa shape index (κ1) is 20.6. The predicted octanol–water partition coefficient (Wildman–Crippen LogP) is 3.68. The van der Waals surface area contributed by atoms with Gasteiger partial charge in [-0.15, -0.1) is 11.3 Å². The topological polar surface area (TPSA) is 79.5 Å². The Bertz CT molecular complexity index is 1040. The van der Waals surface area contributed by atoms with E-state index < -0.39 is 0 Å². The lowest BCUT2D eigenvalue weighted by Gasteiger charge is -2.34. The molecule has 1 saturated heterocycles. The van der Waals surface area contributed by atoms with Crippen molar-refractivity contribution < 1.29 is 14.1 Å². The number of benzene rings is 1. The number of carbonyl (C=O) groups excluding carboxylic acids is 2. The van der Waals surface area contributed by atoms with Crippen molar-refractivity contribution in [2.45, 2.75) is 19.8 Å². The van der Waals surface area contributed by atoms with Crippen LogP contribution in [0.5, 0.6) is 0 Å². The summed E-state index contributed by atoms with van der Waals surface area (Å²) in [5.41, 5.74) is 0.808. The van der Waals surface area contributed by atoms with Crippen LogP contribution in [-0.4, -0.2) is 57.9 Å². The van der Waals surface area contributed by atoms with Crippen LogP contribution in [-0.2, 0) is 11.2 Å². The molecule has 0 unspecified atom stereocenters. The molecule has 0 saturated carbocycles. The summed E-state index contributed by atoms with van der Waals surface area (Å²) in [6, 6.07) is 11.0. The molecular weight excluding hydrogens is 424 g/mol. The van der Waals surface area contributed by atoms with Gasteiger partial charge in [0.25, 0.3) is 5.91 Å². The number of carbonyl (C=O) groups is 2. The third-order valence-electron chi connectivity index (χ3n) is 4.99. The minimum atomic E-state index is 0.0281. The van der Waals surface area contributed by atoms with Gasteiger partial charge in [0, 0.05) is 54.5 Å². The number of aryl methyl sites for hydroxylation is 2. The molecule has 30 heavy (non-hydrogen) atoms. The lowest BCUT2D eigenvalue weighted by atomic mass is 10.2. The van der Waals surface area contributed by atoms with E-state index in [9.17, 15) is 9.59 Å². The van der Waals surface area contributed by atoms with Gasteiger partial charge >= 0.3 is 0 Å². The molecule has 0 bridgehead atoms. The van der Waals surface area contributed by atoms with Crippen LogP contribution in [0.1, 0.15) is 26.9 Å². The Hall–Kier alpha value is -2.71. The SMILES string of the molecule is Cc1ccc(C(=O)N2CCN(C(=O)CCc3nc(-c4ccc(Cl)cc4)no3)CC2)s1. The van der Waals surface area contributed by atoms with Crippen LogP contribution in [0.4, 0.5) is 0 Å². The summed E-state index contributed by atoms with van der Waals surface area (Å²) in [7, 11) is 0. The smallest absolute Gasteiger partial charge is 0.264 e. The lowest BCUT2D eigenvalue weighted by Crippen LogP contribution is -2.50. The first-order valence-corrected chi connectivity index (χ1v) is 10.9. The molecule has 0 aliphatic carbocycles. The molecule has 1 aromatic carbocycles. The normalized spacial score (nSPS) is 14.2. The molecular formula is C21H21ClN4O3S. The number of nitrogens with zero attached hydrogens (tertiary/aromatic N) is 4. The van der Waals surface area contributed by atoms with Gasteiger partial charge in [0.1, 0.15) is 0 Å². The molecule has 2 aromatic heterocycles. The quantitative estimate of drug-likeness (QED) is 0.599. The fraction of sp³-hybridized carbons (Fsp3) is 0.333. The third-order valence-corrected chi connectivity index (χ3v) is 6.23. The third kappa shape index (κ3) is 4.71. The van der Waals surface area contributed by atoms with E-state index in [4.69, 9.17) is 16.1 Å². The Kier molecular flexibility index (Phi) is 6.15. The van der Waals surface area contributed by atoms with Crippen molar-refractivity contribution in [3.63, 3.8) is 0 Å². The van der Waals surface area contributed by atoms with Crippen LogP contribution in [0.15, 0.2) is 40.9 Å². The number of hydrogen-bond donors (Lipinski definition) is 0. The summed E-state index contributed by atoms with van der Waals surface area (Å²) in [4.78, 5) is 34.9. The van der Waals surface area contributed by atoms with Crippen LogP contribution >= 0.6 is 22.9 Å². The van der Waals surface area contributed by atoms with Gasteiger partial charge in [0.2, 0.25) is 17.6 Å². The minimum absolute atomic E-state index is 0.0281. The predicted molar refractivity (Wildman–Crippen MR) is 115 cm³/mol. The fourth-order valence-corrected chi connectivity index (χ4v) is 4.27. The van der Waals surface area contributed by atoms with E-state index in [1.807, 2.05) is 36.1 Å². The monoisotopic (exact) mass is 444 g/mol.